The molecule has 15 rings (SSSR count). The van der Waals surface area contributed by atoms with Gasteiger partial charge in [-0.1, -0.05) is 202 Å². The zero-order valence-corrected chi connectivity index (χ0v) is 38.9. The lowest BCUT2D eigenvalue weighted by Crippen LogP contribution is -2.32. The molecule has 1 aliphatic heterocycles. The Balaban J connectivity index is 0.978. The molecule has 324 valence electrons. The van der Waals surface area contributed by atoms with Gasteiger partial charge in [-0.2, -0.15) is 0 Å². The van der Waals surface area contributed by atoms with Crippen molar-refractivity contribution in [2.75, 3.05) is 4.90 Å². The molecule has 2 aliphatic carbocycles. The summed E-state index contributed by atoms with van der Waals surface area (Å²) in [5.74, 6) is 1.86. The fourth-order valence-corrected chi connectivity index (χ4v) is 13.9. The molecule has 1 spiro atoms. The number of rotatable bonds is 4. The Hall–Kier alpha value is -8.24. The molecule has 0 saturated heterocycles. The molecule has 0 saturated carbocycles. The fourth-order valence-electron chi connectivity index (χ4n) is 12.7. The average Bonchev–Trinajstić information content (AvgIpc) is 4.01. The topological polar surface area (TPSA) is 12.5 Å². The van der Waals surface area contributed by atoms with Crippen LogP contribution in [0.4, 0.5) is 17.1 Å². The number of ether oxygens (including phenoxy) is 1. The highest BCUT2D eigenvalue weighted by atomic mass is 32.1. The first-order valence-corrected chi connectivity index (χ1v) is 24.8. The van der Waals surface area contributed by atoms with Crippen LogP contribution in [0.1, 0.15) is 47.2 Å². The third kappa shape index (κ3) is 5.20. The van der Waals surface area contributed by atoms with Crippen LogP contribution in [0.2, 0.25) is 0 Å². The van der Waals surface area contributed by atoms with E-state index in [1.54, 1.807) is 0 Å². The van der Waals surface area contributed by atoms with E-state index in [0.29, 0.717) is 0 Å². The predicted octanol–water partition coefficient (Wildman–Crippen LogP) is 18.3. The molecule has 0 amide bonds. The molecule has 2 heterocycles. The minimum atomic E-state index is -0.631. The SMILES string of the molecule is CC1(C)c2ccccc2-c2ccc(N(c3cccc(-c4cccc5c4-c4ccccc4C54c5ccc6ccccc6c5Oc5c4ccc4ccccc54)c3)c3cccc4c3sc3ccccc34)cc21. The molecule has 12 aromatic rings. The summed E-state index contributed by atoms with van der Waals surface area (Å²) >= 11 is 1.88. The highest BCUT2D eigenvalue weighted by molar-refractivity contribution is 7.26. The maximum Gasteiger partial charge on any atom is 0.140 e. The largest absolute Gasteiger partial charge is 0.455 e. The normalized spacial score (nSPS) is 14.3. The zero-order chi connectivity index (χ0) is 45.6. The number of anilines is 3. The third-order valence-electron chi connectivity index (χ3n) is 15.7. The van der Waals surface area contributed by atoms with Crippen LogP contribution in [0.15, 0.2) is 224 Å². The molecule has 0 radical (unpaired) electrons. The number of fused-ring (bicyclic) bond motifs is 19. The van der Waals surface area contributed by atoms with Crippen molar-refractivity contribution in [3.05, 3.63) is 258 Å². The Bertz CT molecular complexity index is 4090. The first kappa shape index (κ1) is 38.8. The Kier molecular flexibility index (Phi) is 7.96. The Morgan fingerprint density at radius 1 is 0.391 bits per heavy atom. The lowest BCUT2D eigenvalue weighted by atomic mass is 9.65. The smallest absolute Gasteiger partial charge is 0.140 e. The standard InChI is InChI=1S/C66H43NOS/c1-65(2)53-27-10-7-22-48(53)49-35-34-44(39-58(49)65)67(59-30-15-26-51-50-23-9-12-31-60(50)69-64(51)59)43-19-13-18-42(38-43)45-25-14-29-55-61(45)52-24-8-11-28-54(52)66(55)56-36-32-40-16-3-5-20-46(40)62(56)68-63-47-21-6-4-17-41(47)33-37-57(63)66/h3-39H,1-2H3. The van der Waals surface area contributed by atoms with Gasteiger partial charge < -0.3 is 9.64 Å². The van der Waals surface area contributed by atoms with Crippen molar-refractivity contribution < 1.29 is 4.74 Å². The molecular weight excluding hydrogens is 855 g/mol. The van der Waals surface area contributed by atoms with Gasteiger partial charge in [0.15, 0.2) is 0 Å². The van der Waals surface area contributed by atoms with Crippen molar-refractivity contribution in [2.24, 2.45) is 0 Å². The van der Waals surface area contributed by atoms with Crippen molar-refractivity contribution in [2.45, 2.75) is 24.7 Å². The highest BCUT2D eigenvalue weighted by Crippen LogP contribution is 2.65. The van der Waals surface area contributed by atoms with E-state index < -0.39 is 5.41 Å². The monoisotopic (exact) mass is 897 g/mol. The fraction of sp³-hybridized carbons (Fsp3) is 0.0606. The molecule has 0 unspecified atom stereocenters. The van der Waals surface area contributed by atoms with Crippen LogP contribution in [-0.2, 0) is 10.8 Å². The molecule has 0 atom stereocenters. The van der Waals surface area contributed by atoms with Gasteiger partial charge in [0.2, 0.25) is 0 Å². The van der Waals surface area contributed by atoms with E-state index in [9.17, 15) is 0 Å². The van der Waals surface area contributed by atoms with Crippen molar-refractivity contribution in [1.82, 2.24) is 0 Å². The molecule has 0 N–H and O–H groups in total. The lowest BCUT2D eigenvalue weighted by molar-refractivity contribution is 0.447. The van der Waals surface area contributed by atoms with E-state index in [1.165, 1.54) is 103 Å². The van der Waals surface area contributed by atoms with E-state index in [2.05, 4.69) is 243 Å². The molecule has 0 fully saturated rings. The summed E-state index contributed by atoms with van der Waals surface area (Å²) in [5.41, 5.74) is 17.8. The second-order valence-corrected chi connectivity index (χ2v) is 20.5. The molecule has 3 aliphatic rings. The summed E-state index contributed by atoms with van der Waals surface area (Å²) in [7, 11) is 0. The van der Waals surface area contributed by atoms with Crippen LogP contribution in [0.25, 0.3) is 75.1 Å². The number of nitrogens with zero attached hydrogens (tertiary/aromatic N) is 1. The van der Waals surface area contributed by atoms with Crippen LogP contribution in [0.5, 0.6) is 11.5 Å². The van der Waals surface area contributed by atoms with Crippen LogP contribution in [-0.4, -0.2) is 0 Å². The molecule has 11 aromatic carbocycles. The van der Waals surface area contributed by atoms with E-state index in [4.69, 9.17) is 4.74 Å². The second-order valence-electron chi connectivity index (χ2n) is 19.5. The van der Waals surface area contributed by atoms with Crippen molar-refractivity contribution in [3.8, 4) is 44.9 Å². The summed E-state index contributed by atoms with van der Waals surface area (Å²) < 4.78 is 9.84. The van der Waals surface area contributed by atoms with E-state index in [1.807, 2.05) is 11.3 Å². The van der Waals surface area contributed by atoms with E-state index in [-0.39, 0.29) is 5.41 Å². The maximum absolute atomic E-state index is 7.27. The van der Waals surface area contributed by atoms with Gasteiger partial charge in [-0.25, -0.2) is 0 Å². The Morgan fingerprint density at radius 2 is 0.971 bits per heavy atom. The molecule has 1 aromatic heterocycles. The molecule has 69 heavy (non-hydrogen) atoms. The van der Waals surface area contributed by atoms with Gasteiger partial charge in [-0.15, -0.1) is 11.3 Å². The summed E-state index contributed by atoms with van der Waals surface area (Å²) in [4.78, 5) is 2.51. The number of hydrogen-bond acceptors (Lipinski definition) is 3. The minimum absolute atomic E-state index is 0.146. The van der Waals surface area contributed by atoms with Gasteiger partial charge in [0.25, 0.3) is 0 Å². The predicted molar refractivity (Wildman–Crippen MR) is 289 cm³/mol. The minimum Gasteiger partial charge on any atom is -0.455 e. The molecular formula is C66H43NOS. The van der Waals surface area contributed by atoms with Crippen molar-refractivity contribution in [1.29, 1.82) is 0 Å². The first-order valence-electron chi connectivity index (χ1n) is 24.0. The van der Waals surface area contributed by atoms with Crippen molar-refractivity contribution in [3.63, 3.8) is 0 Å². The van der Waals surface area contributed by atoms with Gasteiger partial charge in [0.1, 0.15) is 11.5 Å². The quantitative estimate of drug-likeness (QED) is 0.175. The maximum atomic E-state index is 7.27. The summed E-state index contributed by atoms with van der Waals surface area (Å²) in [6.45, 7) is 4.75. The summed E-state index contributed by atoms with van der Waals surface area (Å²) in [6.07, 6.45) is 0. The average molecular weight is 898 g/mol. The van der Waals surface area contributed by atoms with Gasteiger partial charge in [0, 0.05) is 54.2 Å². The van der Waals surface area contributed by atoms with Gasteiger partial charge in [-0.3, -0.25) is 0 Å². The summed E-state index contributed by atoms with van der Waals surface area (Å²) in [5, 5.41) is 7.15. The number of hydrogen-bond donors (Lipinski definition) is 0. The van der Waals surface area contributed by atoms with E-state index in [0.717, 1.165) is 33.6 Å². The molecule has 2 nitrogen and oxygen atoms in total. The lowest BCUT2D eigenvalue weighted by Gasteiger charge is -2.40. The van der Waals surface area contributed by atoms with E-state index >= 15 is 0 Å². The highest BCUT2D eigenvalue weighted by Gasteiger charge is 2.52. The third-order valence-corrected chi connectivity index (χ3v) is 16.9. The summed E-state index contributed by atoms with van der Waals surface area (Å²) in [6, 6.07) is 83.7. The van der Waals surface area contributed by atoms with Crippen LogP contribution >= 0.6 is 11.3 Å². The Morgan fingerprint density at radius 3 is 1.75 bits per heavy atom. The molecule has 3 heteroatoms. The van der Waals surface area contributed by atoms with Crippen LogP contribution < -0.4 is 9.64 Å². The van der Waals surface area contributed by atoms with Gasteiger partial charge >= 0.3 is 0 Å². The van der Waals surface area contributed by atoms with Crippen LogP contribution in [0, 0.1) is 0 Å². The Labute approximate surface area is 405 Å². The van der Waals surface area contributed by atoms with Gasteiger partial charge in [0.05, 0.1) is 15.8 Å². The van der Waals surface area contributed by atoms with Gasteiger partial charge in [-0.05, 0) is 103 Å². The van der Waals surface area contributed by atoms with Crippen LogP contribution in [0.3, 0.4) is 0 Å². The zero-order valence-electron chi connectivity index (χ0n) is 38.1. The first-order chi connectivity index (χ1) is 34.0. The van der Waals surface area contributed by atoms with Crippen molar-refractivity contribution >= 4 is 70.1 Å². The number of thiophene rings is 1. The molecule has 0 bridgehead atoms. The second kappa shape index (κ2) is 14.1. The number of benzene rings is 11.